The number of furan rings is 1. The molecule has 0 unspecified atom stereocenters. The lowest BCUT2D eigenvalue weighted by molar-refractivity contribution is 0.00578. The van der Waals surface area contributed by atoms with Crippen LogP contribution in [-0.2, 0) is 9.31 Å². The van der Waals surface area contributed by atoms with Crippen LogP contribution in [0.5, 0.6) is 0 Å². The van der Waals surface area contributed by atoms with Gasteiger partial charge in [0.1, 0.15) is 11.2 Å². The number of fused-ring (bicyclic) bond motifs is 5. The predicted molar refractivity (Wildman–Crippen MR) is 107 cm³/mol. The van der Waals surface area contributed by atoms with Gasteiger partial charge in [0.2, 0.25) is 0 Å². The van der Waals surface area contributed by atoms with E-state index in [4.69, 9.17) is 13.7 Å². The molecule has 0 bridgehead atoms. The molecule has 0 saturated carbocycles. The van der Waals surface area contributed by atoms with Gasteiger partial charge in [-0.1, -0.05) is 42.5 Å². The molecule has 0 N–H and O–H groups in total. The highest BCUT2D eigenvalue weighted by Gasteiger charge is 2.51. The maximum Gasteiger partial charge on any atom is 0.494 e. The fraction of sp³-hybridized carbons (Fsp3) is 0.273. The van der Waals surface area contributed by atoms with Gasteiger partial charge in [-0.15, -0.1) is 0 Å². The van der Waals surface area contributed by atoms with Crippen LogP contribution >= 0.6 is 0 Å². The Hall–Kier alpha value is -2.30. The van der Waals surface area contributed by atoms with Gasteiger partial charge in [0.05, 0.1) is 11.2 Å². The third-order valence-corrected chi connectivity index (χ3v) is 5.91. The molecule has 1 aromatic heterocycles. The molecule has 3 aromatic carbocycles. The van der Waals surface area contributed by atoms with Crippen LogP contribution < -0.4 is 5.46 Å². The van der Waals surface area contributed by atoms with Crippen molar-refractivity contribution in [3.05, 3.63) is 54.6 Å². The topological polar surface area (TPSA) is 31.6 Å². The van der Waals surface area contributed by atoms with E-state index < -0.39 is 0 Å². The molecule has 0 spiro atoms. The normalized spacial score (nSPS) is 19.0. The summed E-state index contributed by atoms with van der Waals surface area (Å²) in [6, 6.07) is 18.8. The summed E-state index contributed by atoms with van der Waals surface area (Å²) in [7, 11) is -0.371. The summed E-state index contributed by atoms with van der Waals surface area (Å²) in [5, 5.41) is 4.67. The minimum absolute atomic E-state index is 0.349. The van der Waals surface area contributed by atoms with Gasteiger partial charge in [-0.25, -0.2) is 0 Å². The largest absolute Gasteiger partial charge is 0.494 e. The molecule has 1 aliphatic heterocycles. The van der Waals surface area contributed by atoms with Gasteiger partial charge in [0.15, 0.2) is 0 Å². The van der Waals surface area contributed by atoms with E-state index >= 15 is 0 Å². The highest BCUT2D eigenvalue weighted by molar-refractivity contribution is 6.62. The summed E-state index contributed by atoms with van der Waals surface area (Å²) in [6.07, 6.45) is 0. The third kappa shape index (κ3) is 2.16. The van der Waals surface area contributed by atoms with Crippen LogP contribution in [0.2, 0.25) is 0 Å². The molecule has 1 fully saturated rings. The number of hydrogen-bond acceptors (Lipinski definition) is 3. The predicted octanol–water partition coefficient (Wildman–Crippen LogP) is 5.04. The Bertz CT molecular complexity index is 1140. The second-order valence-electron chi connectivity index (χ2n) is 8.11. The fourth-order valence-electron chi connectivity index (χ4n) is 3.69. The Kier molecular flexibility index (Phi) is 3.14. The average Bonchev–Trinajstić information content (AvgIpc) is 3.08. The lowest BCUT2D eigenvalue weighted by Crippen LogP contribution is -2.41. The van der Waals surface area contributed by atoms with Gasteiger partial charge in [0, 0.05) is 10.8 Å². The first-order chi connectivity index (χ1) is 12.4. The van der Waals surface area contributed by atoms with Crippen LogP contribution in [0.15, 0.2) is 59.0 Å². The quantitative estimate of drug-likeness (QED) is 0.454. The molecule has 0 atom stereocenters. The first-order valence-electron chi connectivity index (χ1n) is 9.05. The van der Waals surface area contributed by atoms with Crippen molar-refractivity contribution in [3.63, 3.8) is 0 Å². The van der Waals surface area contributed by atoms with Gasteiger partial charge in [0.25, 0.3) is 0 Å². The van der Waals surface area contributed by atoms with E-state index in [9.17, 15) is 0 Å². The first-order valence-corrected chi connectivity index (χ1v) is 9.05. The van der Waals surface area contributed by atoms with Crippen LogP contribution in [0.4, 0.5) is 0 Å². The van der Waals surface area contributed by atoms with Gasteiger partial charge < -0.3 is 13.7 Å². The molecule has 2 heterocycles. The minimum atomic E-state index is -0.371. The zero-order valence-corrected chi connectivity index (χ0v) is 15.5. The van der Waals surface area contributed by atoms with Crippen molar-refractivity contribution < 1.29 is 13.7 Å². The molecule has 4 aromatic rings. The molecule has 0 amide bonds. The zero-order chi connectivity index (χ0) is 18.1. The third-order valence-electron chi connectivity index (χ3n) is 5.91. The summed E-state index contributed by atoms with van der Waals surface area (Å²) < 4.78 is 18.5. The molecule has 1 aliphatic rings. The molecule has 26 heavy (non-hydrogen) atoms. The molecular formula is C22H21BO3. The second kappa shape index (κ2) is 5.12. The SMILES string of the molecule is CC1(C)OB(c2ccc3oc4ccc5ccccc5c4c3c2)OC1(C)C. The summed E-state index contributed by atoms with van der Waals surface area (Å²) in [5.74, 6) is 0. The van der Waals surface area contributed by atoms with Gasteiger partial charge in [-0.2, -0.15) is 0 Å². The Morgan fingerprint density at radius 3 is 2.19 bits per heavy atom. The standard InChI is InChI=1S/C22H21BO3/c1-21(2)22(3,4)26-23(25-21)15-10-12-18-17(13-15)20-16-8-6-5-7-14(16)9-11-19(20)24-18/h5-13H,1-4H3. The van der Waals surface area contributed by atoms with E-state index in [-0.39, 0.29) is 18.3 Å². The summed E-state index contributed by atoms with van der Waals surface area (Å²) in [5.41, 5.74) is 2.11. The molecule has 4 heteroatoms. The van der Waals surface area contributed by atoms with Crippen molar-refractivity contribution in [2.45, 2.75) is 38.9 Å². The Labute approximate surface area is 153 Å². The van der Waals surface area contributed by atoms with E-state index in [0.717, 1.165) is 27.4 Å². The lowest BCUT2D eigenvalue weighted by atomic mass is 9.78. The lowest BCUT2D eigenvalue weighted by Gasteiger charge is -2.32. The molecule has 130 valence electrons. The maximum absolute atomic E-state index is 6.22. The molecule has 0 radical (unpaired) electrons. The van der Waals surface area contributed by atoms with Crippen LogP contribution in [0, 0.1) is 0 Å². The molecule has 0 aliphatic carbocycles. The molecule has 3 nitrogen and oxygen atoms in total. The van der Waals surface area contributed by atoms with E-state index in [1.807, 2.05) is 18.2 Å². The van der Waals surface area contributed by atoms with Crippen LogP contribution in [0.1, 0.15) is 27.7 Å². The van der Waals surface area contributed by atoms with Crippen molar-refractivity contribution in [1.82, 2.24) is 0 Å². The van der Waals surface area contributed by atoms with Crippen molar-refractivity contribution in [3.8, 4) is 0 Å². The van der Waals surface area contributed by atoms with Crippen molar-refractivity contribution in [2.75, 3.05) is 0 Å². The van der Waals surface area contributed by atoms with Gasteiger partial charge in [-0.05, 0) is 56.1 Å². The van der Waals surface area contributed by atoms with E-state index in [1.165, 1.54) is 10.8 Å². The average molecular weight is 344 g/mol. The van der Waals surface area contributed by atoms with Gasteiger partial charge in [-0.3, -0.25) is 0 Å². The fourth-order valence-corrected chi connectivity index (χ4v) is 3.69. The minimum Gasteiger partial charge on any atom is -0.456 e. The molecular weight excluding hydrogens is 323 g/mol. The van der Waals surface area contributed by atoms with Gasteiger partial charge >= 0.3 is 7.12 Å². The Morgan fingerprint density at radius 2 is 1.42 bits per heavy atom. The van der Waals surface area contributed by atoms with E-state index in [2.05, 4.69) is 64.1 Å². The van der Waals surface area contributed by atoms with E-state index in [1.54, 1.807) is 0 Å². The summed E-state index contributed by atoms with van der Waals surface area (Å²) in [6.45, 7) is 8.30. The highest BCUT2D eigenvalue weighted by atomic mass is 16.7. The summed E-state index contributed by atoms with van der Waals surface area (Å²) >= 11 is 0. The number of benzene rings is 3. The van der Waals surface area contributed by atoms with Crippen LogP contribution in [0.25, 0.3) is 32.7 Å². The number of hydrogen-bond donors (Lipinski definition) is 0. The monoisotopic (exact) mass is 344 g/mol. The smallest absolute Gasteiger partial charge is 0.456 e. The summed E-state index contributed by atoms with van der Waals surface area (Å²) in [4.78, 5) is 0. The molecule has 1 saturated heterocycles. The Morgan fingerprint density at radius 1 is 0.731 bits per heavy atom. The maximum atomic E-state index is 6.22. The second-order valence-corrected chi connectivity index (χ2v) is 8.11. The van der Waals surface area contributed by atoms with Crippen LogP contribution in [0.3, 0.4) is 0 Å². The van der Waals surface area contributed by atoms with Crippen LogP contribution in [-0.4, -0.2) is 18.3 Å². The zero-order valence-electron chi connectivity index (χ0n) is 15.5. The first kappa shape index (κ1) is 15.9. The van der Waals surface area contributed by atoms with Crippen molar-refractivity contribution >= 4 is 45.3 Å². The highest BCUT2D eigenvalue weighted by Crippen LogP contribution is 2.38. The number of rotatable bonds is 1. The molecule has 5 rings (SSSR count). The van der Waals surface area contributed by atoms with Crippen molar-refractivity contribution in [2.24, 2.45) is 0 Å². The Balaban J connectivity index is 1.72. The van der Waals surface area contributed by atoms with E-state index in [0.29, 0.717) is 0 Å². The van der Waals surface area contributed by atoms with Crippen molar-refractivity contribution in [1.29, 1.82) is 0 Å².